The van der Waals surface area contributed by atoms with Crippen molar-refractivity contribution in [1.29, 1.82) is 0 Å². The highest BCUT2D eigenvalue weighted by molar-refractivity contribution is 7.90. The quantitative estimate of drug-likeness (QED) is 0.194. The van der Waals surface area contributed by atoms with Crippen molar-refractivity contribution in [2.24, 2.45) is 0 Å². The Morgan fingerprint density at radius 3 is 2.28 bits per heavy atom. The molecule has 0 atom stereocenters. The van der Waals surface area contributed by atoms with E-state index in [-0.39, 0.29) is 30.3 Å². The number of nitrogens with one attached hydrogen (secondary N) is 2. The molecule has 3 aromatic carbocycles. The number of nitrogens with zero attached hydrogens (tertiary/aromatic N) is 3. The number of para-hydroxylation sites is 1. The molecule has 0 spiro atoms. The zero-order chi connectivity index (χ0) is 32.0. The molecule has 0 bridgehead atoms. The number of ether oxygens (including phenoxy) is 1. The second-order valence-electron chi connectivity index (χ2n) is 10.9. The molecule has 1 aliphatic rings. The van der Waals surface area contributed by atoms with Gasteiger partial charge in [-0.05, 0) is 73.0 Å². The van der Waals surface area contributed by atoms with Crippen LogP contribution in [0.2, 0.25) is 5.02 Å². The Kier molecular flexibility index (Phi) is 11.4. The van der Waals surface area contributed by atoms with E-state index in [0.717, 1.165) is 43.4 Å². The van der Waals surface area contributed by atoms with Crippen LogP contribution in [-0.2, 0) is 21.2 Å². The third-order valence-electron chi connectivity index (χ3n) is 7.38. The average Bonchev–Trinajstić information content (AvgIpc) is 3.01. The molecule has 2 heterocycles. The maximum atomic E-state index is 13.7. The summed E-state index contributed by atoms with van der Waals surface area (Å²) in [5, 5.41) is 6.05. The van der Waals surface area contributed by atoms with E-state index in [4.69, 9.17) is 16.3 Å². The fraction of sp³-hybridized carbons (Fsp3) is 0.265. The van der Waals surface area contributed by atoms with Gasteiger partial charge < -0.3 is 15.4 Å². The number of carbonyl (C=O) groups excluding carboxylic acids is 2. The summed E-state index contributed by atoms with van der Waals surface area (Å²) in [4.78, 5) is 34.0. The molecule has 46 heavy (non-hydrogen) atoms. The molecule has 1 fully saturated rings. The van der Waals surface area contributed by atoms with Crippen molar-refractivity contribution in [3.63, 3.8) is 0 Å². The summed E-state index contributed by atoms with van der Waals surface area (Å²) < 4.78 is 29.1. The predicted molar refractivity (Wildman–Crippen MR) is 183 cm³/mol. The van der Waals surface area contributed by atoms with Crippen LogP contribution in [0.4, 0.5) is 21.9 Å². The van der Waals surface area contributed by atoms with E-state index in [1.54, 1.807) is 47.5 Å². The first-order valence-electron chi connectivity index (χ1n) is 14.4. The monoisotopic (exact) mass is 663 g/mol. The normalized spacial score (nSPS) is 13.7. The highest BCUT2D eigenvalue weighted by atomic mass is 35.5. The van der Waals surface area contributed by atoms with Crippen molar-refractivity contribution in [3.05, 3.63) is 102 Å². The van der Waals surface area contributed by atoms with Crippen LogP contribution in [0.25, 0.3) is 0 Å². The lowest BCUT2D eigenvalue weighted by Crippen LogP contribution is -2.49. The minimum absolute atomic E-state index is 0. The molecule has 1 saturated heterocycles. The second kappa shape index (κ2) is 15.2. The lowest BCUT2D eigenvalue weighted by atomic mass is 10.0. The van der Waals surface area contributed by atoms with E-state index in [0.29, 0.717) is 34.6 Å². The van der Waals surface area contributed by atoms with E-state index >= 15 is 0 Å². The first kappa shape index (κ1) is 34.4. The van der Waals surface area contributed by atoms with Crippen LogP contribution >= 0.6 is 11.6 Å². The molecule has 5 rings (SSSR count). The van der Waals surface area contributed by atoms with Gasteiger partial charge in [0.1, 0.15) is 5.75 Å². The fourth-order valence-corrected chi connectivity index (χ4v) is 5.98. The van der Waals surface area contributed by atoms with Crippen LogP contribution in [0.1, 0.15) is 32.8 Å². The molecular weight excluding hydrogens is 626 g/mol. The second-order valence-corrected chi connectivity index (χ2v) is 13.3. The summed E-state index contributed by atoms with van der Waals surface area (Å²) in [6.07, 6.45) is 4.49. The number of sulfone groups is 1. The topological polar surface area (TPSA) is 121 Å². The van der Waals surface area contributed by atoms with Gasteiger partial charge in [0.15, 0.2) is 9.84 Å². The first-order valence-corrected chi connectivity index (χ1v) is 16.7. The number of pyridine rings is 1. The molecule has 10 nitrogen and oxygen atoms in total. The van der Waals surface area contributed by atoms with E-state index in [1.165, 1.54) is 19.1 Å². The van der Waals surface area contributed by atoms with Crippen molar-refractivity contribution < 1.29 is 22.7 Å². The number of halogens is 1. The van der Waals surface area contributed by atoms with E-state index in [1.807, 2.05) is 36.4 Å². The van der Waals surface area contributed by atoms with Gasteiger partial charge in [0, 0.05) is 62.5 Å². The van der Waals surface area contributed by atoms with E-state index < -0.39 is 9.84 Å². The molecule has 3 amide bonds. The number of likely N-dealkylation sites (tertiary alicyclic amines) is 1. The smallest absolute Gasteiger partial charge is 0.326 e. The maximum absolute atomic E-state index is 13.7. The molecule has 242 valence electrons. The van der Waals surface area contributed by atoms with Crippen molar-refractivity contribution in [2.45, 2.75) is 44.7 Å². The molecular formula is C34H38ClN5O5S. The van der Waals surface area contributed by atoms with Crippen LogP contribution in [-0.4, -0.2) is 55.6 Å². The number of piperidine rings is 1. The van der Waals surface area contributed by atoms with Crippen molar-refractivity contribution in [2.75, 3.05) is 34.9 Å². The van der Waals surface area contributed by atoms with Gasteiger partial charge in [-0.25, -0.2) is 18.2 Å². The Bertz CT molecular complexity index is 1750. The Hall–Kier alpha value is -4.45. The van der Waals surface area contributed by atoms with E-state index in [2.05, 4.69) is 20.5 Å². The Labute approximate surface area is 275 Å². The number of rotatable bonds is 9. The average molecular weight is 664 g/mol. The van der Waals surface area contributed by atoms with Crippen molar-refractivity contribution in [3.8, 4) is 11.6 Å². The van der Waals surface area contributed by atoms with Crippen LogP contribution in [0.3, 0.4) is 0 Å². The van der Waals surface area contributed by atoms with Gasteiger partial charge in [-0.2, -0.15) is 0 Å². The van der Waals surface area contributed by atoms with Gasteiger partial charge in [-0.3, -0.25) is 14.6 Å². The molecule has 0 aliphatic carbocycles. The number of urea groups is 1. The SMILES string of the molecule is C.CC(=O)Nc1cc(NC(=O)N(c2ccccc2)C2CCN(Cc3ccc(Oc4ccc(S(C)(=O)=O)cc4)nc3)CC2)ccc1Cl. The summed E-state index contributed by atoms with van der Waals surface area (Å²) in [5.74, 6) is 0.664. The summed E-state index contributed by atoms with van der Waals surface area (Å²) in [6, 6.07) is 24.3. The Balaban J connectivity index is 0.00000480. The van der Waals surface area contributed by atoms with E-state index in [9.17, 15) is 18.0 Å². The highest BCUT2D eigenvalue weighted by Crippen LogP contribution is 2.29. The minimum atomic E-state index is -3.27. The Morgan fingerprint density at radius 1 is 0.978 bits per heavy atom. The summed E-state index contributed by atoms with van der Waals surface area (Å²) in [6.45, 7) is 3.69. The van der Waals surface area contributed by atoms with Gasteiger partial charge in [-0.15, -0.1) is 0 Å². The molecule has 0 unspecified atom stereocenters. The third-order valence-corrected chi connectivity index (χ3v) is 8.84. The number of hydrogen-bond acceptors (Lipinski definition) is 7. The number of anilines is 3. The standard InChI is InChI=1S/C33H34ClN5O5S.CH4/c1-23(40)36-31-20-25(9-14-30(31)34)37-33(41)39(26-6-4-3-5-7-26)27-16-18-38(19-17-27)22-24-8-15-32(35-21-24)44-28-10-12-29(13-11-28)45(2,42)43;/h3-15,20-21,27H,16-19,22H2,1-2H3,(H,36,40)(H,37,41);1H4. The number of benzene rings is 3. The van der Waals surface area contributed by atoms with Gasteiger partial charge in [0.25, 0.3) is 0 Å². The molecule has 4 aromatic rings. The Morgan fingerprint density at radius 2 is 1.67 bits per heavy atom. The van der Waals surface area contributed by atoms with Crippen LogP contribution in [0.5, 0.6) is 11.6 Å². The molecule has 0 radical (unpaired) electrons. The lowest BCUT2D eigenvalue weighted by Gasteiger charge is -2.38. The minimum Gasteiger partial charge on any atom is -0.439 e. The zero-order valence-electron chi connectivity index (χ0n) is 24.9. The summed E-state index contributed by atoms with van der Waals surface area (Å²) >= 11 is 6.22. The van der Waals surface area contributed by atoms with Crippen LogP contribution in [0, 0.1) is 0 Å². The van der Waals surface area contributed by atoms with Crippen molar-refractivity contribution in [1.82, 2.24) is 9.88 Å². The largest absolute Gasteiger partial charge is 0.439 e. The van der Waals surface area contributed by atoms with Crippen LogP contribution < -0.4 is 20.3 Å². The molecule has 12 heteroatoms. The predicted octanol–water partition coefficient (Wildman–Crippen LogP) is 7.23. The highest BCUT2D eigenvalue weighted by Gasteiger charge is 2.29. The summed E-state index contributed by atoms with van der Waals surface area (Å²) in [7, 11) is -3.27. The lowest BCUT2D eigenvalue weighted by molar-refractivity contribution is -0.114. The van der Waals surface area contributed by atoms with Gasteiger partial charge in [0.2, 0.25) is 11.8 Å². The summed E-state index contributed by atoms with van der Waals surface area (Å²) in [5.41, 5.74) is 2.79. The van der Waals surface area contributed by atoms with Gasteiger partial charge in [0.05, 0.1) is 15.6 Å². The molecule has 1 aromatic heterocycles. The number of hydrogen-bond donors (Lipinski definition) is 2. The maximum Gasteiger partial charge on any atom is 0.326 e. The molecule has 0 saturated carbocycles. The molecule has 1 aliphatic heterocycles. The first-order chi connectivity index (χ1) is 21.5. The third kappa shape index (κ3) is 9.06. The molecule has 2 N–H and O–H groups in total. The zero-order valence-corrected chi connectivity index (χ0v) is 26.5. The van der Waals surface area contributed by atoms with Crippen LogP contribution in [0.15, 0.2) is 96.0 Å². The number of carbonyl (C=O) groups is 2. The van der Waals surface area contributed by atoms with Gasteiger partial charge >= 0.3 is 6.03 Å². The number of aromatic nitrogens is 1. The number of amides is 3. The van der Waals surface area contributed by atoms with Gasteiger partial charge in [-0.1, -0.05) is 43.3 Å². The van der Waals surface area contributed by atoms with Crippen molar-refractivity contribution >= 4 is 50.4 Å². The fourth-order valence-electron chi connectivity index (χ4n) is 5.19.